The number of nitrogens with zero attached hydrogens (tertiary/aromatic N) is 2. The van der Waals surface area contributed by atoms with Gasteiger partial charge in [-0.3, -0.25) is 10.3 Å². The summed E-state index contributed by atoms with van der Waals surface area (Å²) in [6, 6.07) is 0. The van der Waals surface area contributed by atoms with Crippen LogP contribution >= 0.6 is 0 Å². The van der Waals surface area contributed by atoms with Crippen molar-refractivity contribution in [3.05, 3.63) is 11.8 Å². The summed E-state index contributed by atoms with van der Waals surface area (Å²) in [6.45, 7) is 0.485. The first kappa shape index (κ1) is 5.31. The van der Waals surface area contributed by atoms with Crippen molar-refractivity contribution in [1.82, 2.24) is 5.32 Å². The summed E-state index contributed by atoms with van der Waals surface area (Å²) in [6.07, 6.45) is 3.35. The Kier molecular flexibility index (Phi) is 1.64. The van der Waals surface area contributed by atoms with Crippen molar-refractivity contribution in [2.75, 3.05) is 13.3 Å². The molecule has 1 N–H and O–H groups in total. The van der Waals surface area contributed by atoms with Gasteiger partial charge in [-0.05, 0) is 6.08 Å². The first-order valence-electron chi connectivity index (χ1n) is 2.41. The average Bonchev–Trinajstić information content (AvgIpc) is 1.90. The van der Waals surface area contributed by atoms with Crippen LogP contribution in [0.3, 0.4) is 0 Å². The number of aliphatic imine (C=N–C) groups is 1. The van der Waals surface area contributed by atoms with Gasteiger partial charge in [0.1, 0.15) is 6.67 Å². The first-order valence-corrected chi connectivity index (χ1v) is 2.41. The molecule has 1 heterocycles. The molecule has 3 heteroatoms. The molecule has 0 spiro atoms. The van der Waals surface area contributed by atoms with Crippen molar-refractivity contribution in [3.8, 4) is 0 Å². The minimum absolute atomic E-state index is 0.0199. The zero-order valence-electron chi connectivity index (χ0n) is 4.41. The van der Waals surface area contributed by atoms with E-state index in [1.807, 2.05) is 0 Å². The molecule has 0 fully saturated rings. The molecule has 1 aliphatic heterocycles. The van der Waals surface area contributed by atoms with Gasteiger partial charge in [-0.2, -0.15) is 0 Å². The lowest BCUT2D eigenvalue weighted by molar-refractivity contribution is 0.321. The van der Waals surface area contributed by atoms with Crippen molar-refractivity contribution in [2.45, 2.75) is 0 Å². The molecule has 0 aromatic rings. The summed E-state index contributed by atoms with van der Waals surface area (Å²) >= 11 is 0. The maximum Gasteiger partial charge on any atom is 0.129 e. The van der Waals surface area contributed by atoms with Crippen LogP contribution in [0.2, 0.25) is 0 Å². The van der Waals surface area contributed by atoms with Gasteiger partial charge < -0.3 is 5.11 Å². The Morgan fingerprint density at radius 1 is 1.75 bits per heavy atom. The van der Waals surface area contributed by atoms with E-state index in [9.17, 15) is 0 Å². The molecule has 0 aromatic heterocycles. The third-order valence-electron chi connectivity index (χ3n) is 0.890. The summed E-state index contributed by atoms with van der Waals surface area (Å²) in [5.74, 6) is 0. The van der Waals surface area contributed by atoms with E-state index in [1.54, 1.807) is 12.3 Å². The number of aliphatic hydroxyl groups is 1. The molecule has 0 bridgehead atoms. The number of rotatable bonds is 1. The number of aliphatic hydroxyl groups excluding tert-OH is 1. The lowest BCUT2D eigenvalue weighted by Gasteiger charge is -2.03. The minimum Gasteiger partial charge on any atom is -0.390 e. The molecule has 8 heavy (non-hydrogen) atoms. The normalized spacial score (nSPS) is 17.4. The Hall–Kier alpha value is -0.830. The van der Waals surface area contributed by atoms with Crippen molar-refractivity contribution >= 4 is 6.21 Å². The monoisotopic (exact) mass is 111 g/mol. The molecule has 1 radical (unpaired) electrons. The maximum atomic E-state index is 8.47. The van der Waals surface area contributed by atoms with Gasteiger partial charge in [0.05, 0.1) is 12.3 Å². The second-order valence-corrected chi connectivity index (χ2v) is 1.45. The Morgan fingerprint density at radius 3 is 3.00 bits per heavy atom. The number of hydrogen-bond donors (Lipinski definition) is 1. The van der Waals surface area contributed by atoms with Gasteiger partial charge in [0, 0.05) is 6.21 Å². The molecule has 0 amide bonds. The fraction of sp³-hybridized carbons (Fsp3) is 0.400. The predicted octanol–water partition coefficient (Wildman–Crippen LogP) is -0.491. The molecular weight excluding hydrogens is 104 g/mol. The standard InChI is InChI=1S/C5H7N2O/c8-3-5-1-2-6-4-7-5/h1-2,8H,3-4H2. The van der Waals surface area contributed by atoms with Crippen molar-refractivity contribution < 1.29 is 5.11 Å². The van der Waals surface area contributed by atoms with Gasteiger partial charge >= 0.3 is 0 Å². The molecular formula is C5H7N2O. The number of hydrogen-bond acceptors (Lipinski definition) is 2. The van der Waals surface area contributed by atoms with Gasteiger partial charge in [0.15, 0.2) is 0 Å². The Balaban J connectivity index is 2.50. The third kappa shape index (κ3) is 1.07. The van der Waals surface area contributed by atoms with E-state index in [-0.39, 0.29) is 6.61 Å². The van der Waals surface area contributed by atoms with Crippen molar-refractivity contribution in [2.24, 2.45) is 4.99 Å². The third-order valence-corrected chi connectivity index (χ3v) is 0.890. The van der Waals surface area contributed by atoms with Crippen LogP contribution in [0.25, 0.3) is 0 Å². The molecule has 3 nitrogen and oxygen atoms in total. The fourth-order valence-corrected chi connectivity index (χ4v) is 0.473. The lowest BCUT2D eigenvalue weighted by Crippen LogP contribution is -2.11. The Labute approximate surface area is 47.7 Å². The van der Waals surface area contributed by atoms with Gasteiger partial charge in [-0.25, -0.2) is 0 Å². The van der Waals surface area contributed by atoms with Gasteiger partial charge in [-0.1, -0.05) is 0 Å². The topological polar surface area (TPSA) is 46.7 Å². The van der Waals surface area contributed by atoms with Crippen LogP contribution in [0.4, 0.5) is 0 Å². The fourth-order valence-electron chi connectivity index (χ4n) is 0.473. The second-order valence-electron chi connectivity index (χ2n) is 1.45. The SMILES string of the molecule is OCC1=CC=NC[N]1. The Morgan fingerprint density at radius 2 is 2.62 bits per heavy atom. The molecule has 0 aliphatic carbocycles. The summed E-state index contributed by atoms with van der Waals surface area (Å²) in [7, 11) is 0. The lowest BCUT2D eigenvalue weighted by atomic mass is 10.4. The van der Waals surface area contributed by atoms with E-state index in [1.165, 1.54) is 0 Å². The highest BCUT2D eigenvalue weighted by Gasteiger charge is 1.95. The van der Waals surface area contributed by atoms with E-state index in [0.717, 1.165) is 0 Å². The average molecular weight is 111 g/mol. The molecule has 0 aromatic carbocycles. The molecule has 0 saturated carbocycles. The van der Waals surface area contributed by atoms with Crippen LogP contribution in [0, 0.1) is 0 Å². The zero-order valence-corrected chi connectivity index (χ0v) is 4.41. The summed E-state index contributed by atoms with van der Waals surface area (Å²) < 4.78 is 0. The summed E-state index contributed by atoms with van der Waals surface area (Å²) in [5, 5.41) is 12.3. The van der Waals surface area contributed by atoms with Crippen LogP contribution in [0.15, 0.2) is 16.8 Å². The van der Waals surface area contributed by atoms with E-state index >= 15 is 0 Å². The maximum absolute atomic E-state index is 8.47. The highest BCUT2D eigenvalue weighted by molar-refractivity contribution is 5.72. The molecule has 43 valence electrons. The smallest absolute Gasteiger partial charge is 0.129 e. The predicted molar refractivity (Wildman–Crippen MR) is 30.7 cm³/mol. The van der Waals surface area contributed by atoms with Crippen LogP contribution in [0.1, 0.15) is 0 Å². The van der Waals surface area contributed by atoms with E-state index in [4.69, 9.17) is 5.11 Å². The van der Waals surface area contributed by atoms with Crippen LogP contribution < -0.4 is 5.32 Å². The van der Waals surface area contributed by atoms with Gasteiger partial charge in [0.25, 0.3) is 0 Å². The van der Waals surface area contributed by atoms with Crippen molar-refractivity contribution in [1.29, 1.82) is 0 Å². The molecule has 0 saturated heterocycles. The Bertz CT molecular complexity index is 128. The first-order chi connectivity index (χ1) is 3.93. The minimum atomic E-state index is 0.0199. The molecule has 0 unspecified atom stereocenters. The highest BCUT2D eigenvalue weighted by Crippen LogP contribution is 1.90. The quantitative estimate of drug-likeness (QED) is 0.487. The zero-order chi connectivity index (χ0) is 5.82. The molecule has 1 rings (SSSR count). The second kappa shape index (κ2) is 2.47. The summed E-state index contributed by atoms with van der Waals surface area (Å²) in [4.78, 5) is 3.80. The number of allylic oxidation sites excluding steroid dienone is 1. The summed E-state index contributed by atoms with van der Waals surface area (Å²) in [5.41, 5.74) is 0.708. The van der Waals surface area contributed by atoms with E-state index in [2.05, 4.69) is 10.3 Å². The van der Waals surface area contributed by atoms with E-state index < -0.39 is 0 Å². The van der Waals surface area contributed by atoms with Crippen LogP contribution in [-0.2, 0) is 0 Å². The largest absolute Gasteiger partial charge is 0.390 e. The molecule has 0 atom stereocenters. The van der Waals surface area contributed by atoms with Gasteiger partial charge in [0.2, 0.25) is 0 Å². The van der Waals surface area contributed by atoms with Gasteiger partial charge in [-0.15, -0.1) is 0 Å². The molecule has 1 aliphatic rings. The van der Waals surface area contributed by atoms with Crippen molar-refractivity contribution in [3.63, 3.8) is 0 Å². The van der Waals surface area contributed by atoms with Crippen LogP contribution in [0.5, 0.6) is 0 Å². The highest BCUT2D eigenvalue weighted by atomic mass is 16.3. The van der Waals surface area contributed by atoms with Crippen LogP contribution in [-0.4, -0.2) is 24.6 Å². The van der Waals surface area contributed by atoms with E-state index in [0.29, 0.717) is 12.4 Å².